The molecular formula is C20H24ClN7O. The number of nitrogens with two attached hydrogens (primary N) is 1. The maximum Gasteiger partial charge on any atom is 0.228 e. The van der Waals surface area contributed by atoms with Crippen LogP contribution in [0.1, 0.15) is 30.8 Å². The molecule has 1 fully saturated rings. The summed E-state index contributed by atoms with van der Waals surface area (Å²) in [5.41, 5.74) is 7.61. The van der Waals surface area contributed by atoms with Gasteiger partial charge in [-0.3, -0.25) is 0 Å². The molecule has 1 atom stereocenters. The van der Waals surface area contributed by atoms with E-state index in [1.165, 1.54) is 0 Å². The van der Waals surface area contributed by atoms with Crippen molar-refractivity contribution in [2.45, 2.75) is 26.3 Å². The number of para-hydroxylation sites is 1. The summed E-state index contributed by atoms with van der Waals surface area (Å²) in [6, 6.07) is 7.84. The third-order valence-corrected chi connectivity index (χ3v) is 5.21. The molecule has 2 aromatic heterocycles. The van der Waals surface area contributed by atoms with Gasteiger partial charge in [0, 0.05) is 30.6 Å². The summed E-state index contributed by atoms with van der Waals surface area (Å²) in [4.78, 5) is 19.8. The molecule has 0 amide bonds. The highest BCUT2D eigenvalue weighted by Gasteiger charge is 2.21. The fourth-order valence-electron chi connectivity index (χ4n) is 3.54. The van der Waals surface area contributed by atoms with Crippen LogP contribution in [0.25, 0.3) is 10.9 Å². The van der Waals surface area contributed by atoms with Crippen molar-refractivity contribution in [2.24, 2.45) is 0 Å². The molecule has 0 radical (unpaired) electrons. The van der Waals surface area contributed by atoms with Crippen molar-refractivity contribution in [3.05, 3.63) is 40.7 Å². The SMILES string of the molecule is Cc1nc(N)nc(N[C@@H](C)c2cc3cccc(Cl)c3nc2N2CCCOCC2)n1. The quantitative estimate of drug-likeness (QED) is 0.671. The highest BCUT2D eigenvalue weighted by molar-refractivity contribution is 6.35. The van der Waals surface area contributed by atoms with E-state index in [-0.39, 0.29) is 12.0 Å². The van der Waals surface area contributed by atoms with Gasteiger partial charge >= 0.3 is 0 Å². The van der Waals surface area contributed by atoms with E-state index in [2.05, 4.69) is 38.2 Å². The maximum absolute atomic E-state index is 6.43. The monoisotopic (exact) mass is 413 g/mol. The van der Waals surface area contributed by atoms with Gasteiger partial charge in [-0.15, -0.1) is 0 Å². The number of nitrogen functional groups attached to an aromatic ring is 1. The number of benzene rings is 1. The van der Waals surface area contributed by atoms with Gasteiger partial charge < -0.3 is 20.7 Å². The summed E-state index contributed by atoms with van der Waals surface area (Å²) >= 11 is 6.43. The largest absolute Gasteiger partial charge is 0.380 e. The van der Waals surface area contributed by atoms with Crippen LogP contribution in [0.3, 0.4) is 0 Å². The van der Waals surface area contributed by atoms with Gasteiger partial charge in [-0.05, 0) is 32.4 Å². The molecule has 9 heteroatoms. The molecule has 1 aliphatic rings. The average molecular weight is 414 g/mol. The number of hydrogen-bond acceptors (Lipinski definition) is 8. The molecule has 4 rings (SSSR count). The molecule has 3 heterocycles. The predicted octanol–water partition coefficient (Wildman–Crippen LogP) is 3.36. The third-order valence-electron chi connectivity index (χ3n) is 4.90. The summed E-state index contributed by atoms with van der Waals surface area (Å²) in [6.07, 6.45) is 0.951. The fraction of sp³-hybridized carbons (Fsp3) is 0.400. The van der Waals surface area contributed by atoms with Crippen LogP contribution in [0.15, 0.2) is 24.3 Å². The normalized spacial score (nSPS) is 15.9. The Kier molecular flexibility index (Phi) is 5.64. The van der Waals surface area contributed by atoms with Crippen molar-refractivity contribution in [3.63, 3.8) is 0 Å². The van der Waals surface area contributed by atoms with Gasteiger partial charge in [0.25, 0.3) is 0 Å². The number of pyridine rings is 1. The number of aryl methyl sites for hydroxylation is 1. The summed E-state index contributed by atoms with van der Waals surface area (Å²) in [6.45, 7) is 6.93. The summed E-state index contributed by atoms with van der Waals surface area (Å²) in [5, 5.41) is 4.97. The smallest absolute Gasteiger partial charge is 0.228 e. The summed E-state index contributed by atoms with van der Waals surface area (Å²) in [7, 11) is 0. The first kappa shape index (κ1) is 19.6. The highest BCUT2D eigenvalue weighted by atomic mass is 35.5. The second-order valence-electron chi connectivity index (χ2n) is 7.10. The Morgan fingerprint density at radius 1 is 1.17 bits per heavy atom. The molecule has 3 N–H and O–H groups in total. The highest BCUT2D eigenvalue weighted by Crippen LogP contribution is 2.33. The number of nitrogens with one attached hydrogen (secondary N) is 1. The summed E-state index contributed by atoms with van der Waals surface area (Å²) in [5.74, 6) is 2.11. The lowest BCUT2D eigenvalue weighted by Crippen LogP contribution is -2.29. The van der Waals surface area contributed by atoms with Crippen LogP contribution in [-0.2, 0) is 4.74 Å². The molecule has 3 aromatic rings. The van der Waals surface area contributed by atoms with E-state index in [4.69, 9.17) is 27.1 Å². The van der Waals surface area contributed by atoms with Crippen molar-refractivity contribution >= 4 is 40.2 Å². The van der Waals surface area contributed by atoms with Gasteiger partial charge in [-0.25, -0.2) is 4.98 Å². The molecular weight excluding hydrogens is 390 g/mol. The molecule has 1 aromatic carbocycles. The average Bonchev–Trinajstić information content (AvgIpc) is 2.96. The Hall–Kier alpha value is -2.71. The first-order valence-electron chi connectivity index (χ1n) is 9.68. The molecule has 1 aliphatic heterocycles. The number of ether oxygens (including phenoxy) is 1. The van der Waals surface area contributed by atoms with E-state index in [9.17, 15) is 0 Å². The molecule has 0 spiro atoms. The van der Waals surface area contributed by atoms with Crippen molar-refractivity contribution in [1.82, 2.24) is 19.9 Å². The fourth-order valence-corrected chi connectivity index (χ4v) is 3.76. The predicted molar refractivity (Wildman–Crippen MR) is 115 cm³/mol. The number of halogens is 1. The lowest BCUT2D eigenvalue weighted by atomic mass is 10.1. The zero-order chi connectivity index (χ0) is 20.4. The second-order valence-corrected chi connectivity index (χ2v) is 7.50. The van der Waals surface area contributed by atoms with Gasteiger partial charge in [0.2, 0.25) is 11.9 Å². The summed E-state index contributed by atoms with van der Waals surface area (Å²) < 4.78 is 5.63. The van der Waals surface area contributed by atoms with Crippen LogP contribution in [0.5, 0.6) is 0 Å². The van der Waals surface area contributed by atoms with Crippen molar-refractivity contribution in [1.29, 1.82) is 0 Å². The maximum atomic E-state index is 6.43. The van der Waals surface area contributed by atoms with Crippen LogP contribution in [0.4, 0.5) is 17.7 Å². The van der Waals surface area contributed by atoms with Crippen molar-refractivity contribution in [3.8, 4) is 0 Å². The minimum absolute atomic E-state index is 0.105. The second kappa shape index (κ2) is 8.34. The first-order valence-corrected chi connectivity index (χ1v) is 10.1. The van der Waals surface area contributed by atoms with E-state index in [0.29, 0.717) is 23.4 Å². The Morgan fingerprint density at radius 2 is 2.03 bits per heavy atom. The number of fused-ring (bicyclic) bond motifs is 1. The number of nitrogens with zero attached hydrogens (tertiary/aromatic N) is 5. The Bertz CT molecular complexity index is 1000. The van der Waals surface area contributed by atoms with Gasteiger partial charge in [-0.2, -0.15) is 15.0 Å². The minimum Gasteiger partial charge on any atom is -0.380 e. The zero-order valence-electron chi connectivity index (χ0n) is 16.5. The third kappa shape index (κ3) is 4.33. The molecule has 152 valence electrons. The lowest BCUT2D eigenvalue weighted by Gasteiger charge is -2.27. The molecule has 0 unspecified atom stereocenters. The van der Waals surface area contributed by atoms with Crippen molar-refractivity contribution in [2.75, 3.05) is 42.3 Å². The topological polar surface area (TPSA) is 102 Å². The molecule has 0 aliphatic carbocycles. The van der Waals surface area contributed by atoms with E-state index in [0.717, 1.165) is 48.4 Å². The molecule has 1 saturated heterocycles. The number of aromatic nitrogens is 4. The van der Waals surface area contributed by atoms with Crippen LogP contribution in [0.2, 0.25) is 5.02 Å². The van der Waals surface area contributed by atoms with Gasteiger partial charge in [0.15, 0.2) is 0 Å². The minimum atomic E-state index is -0.105. The first-order chi connectivity index (χ1) is 14.0. The van der Waals surface area contributed by atoms with Gasteiger partial charge in [0.05, 0.1) is 23.2 Å². The molecule has 29 heavy (non-hydrogen) atoms. The Labute approximate surface area is 174 Å². The van der Waals surface area contributed by atoms with Crippen LogP contribution >= 0.6 is 11.6 Å². The number of anilines is 3. The standard InChI is InChI=1S/C20H24ClN7O/c1-12(23-20-25-13(2)24-19(22)27-20)15-11-14-5-3-6-16(21)17(14)26-18(15)28-7-4-9-29-10-8-28/h3,5-6,11-12H,4,7-10H2,1-2H3,(H3,22,23,24,25,27)/t12-/m0/s1. The van der Waals surface area contributed by atoms with E-state index in [1.54, 1.807) is 6.92 Å². The van der Waals surface area contributed by atoms with Gasteiger partial charge in [-0.1, -0.05) is 23.7 Å². The van der Waals surface area contributed by atoms with Crippen molar-refractivity contribution < 1.29 is 4.74 Å². The Balaban J connectivity index is 1.76. The molecule has 8 nitrogen and oxygen atoms in total. The molecule has 0 saturated carbocycles. The van der Waals surface area contributed by atoms with E-state index < -0.39 is 0 Å². The van der Waals surface area contributed by atoms with Gasteiger partial charge in [0.1, 0.15) is 11.6 Å². The van der Waals surface area contributed by atoms with E-state index in [1.807, 2.05) is 18.2 Å². The molecule has 0 bridgehead atoms. The van der Waals surface area contributed by atoms with E-state index >= 15 is 0 Å². The number of rotatable bonds is 4. The van der Waals surface area contributed by atoms with Crippen LogP contribution in [0, 0.1) is 6.92 Å². The zero-order valence-corrected chi connectivity index (χ0v) is 17.3. The number of hydrogen-bond donors (Lipinski definition) is 2. The van der Waals surface area contributed by atoms with Crippen LogP contribution < -0.4 is 16.0 Å². The Morgan fingerprint density at radius 3 is 2.86 bits per heavy atom. The lowest BCUT2D eigenvalue weighted by molar-refractivity contribution is 0.152. The van der Waals surface area contributed by atoms with Crippen LogP contribution in [-0.4, -0.2) is 46.2 Å².